The summed E-state index contributed by atoms with van der Waals surface area (Å²) in [7, 11) is 0. The van der Waals surface area contributed by atoms with Crippen molar-refractivity contribution in [2.45, 2.75) is 72.6 Å². The standard InChI is InChI=1S/C26H34O2/c1-5-28-25(27)15-9-7-13-23-18-16-22(17-19-23)12-6-8-14-24-21(2)11-10-20-26(24,3)4/h8,14,16-19H,5,7,9-11,13,15,20H2,1-4H3. The van der Waals surface area contributed by atoms with Crippen LogP contribution < -0.4 is 0 Å². The number of hydrogen-bond donors (Lipinski definition) is 0. The number of allylic oxidation sites excluding steroid dienone is 4. The molecule has 0 saturated heterocycles. The molecule has 0 heterocycles. The van der Waals surface area contributed by atoms with E-state index in [1.165, 1.54) is 36.0 Å². The van der Waals surface area contributed by atoms with Crippen molar-refractivity contribution < 1.29 is 9.53 Å². The Morgan fingerprint density at radius 3 is 2.64 bits per heavy atom. The molecule has 0 N–H and O–H groups in total. The fourth-order valence-corrected chi connectivity index (χ4v) is 3.85. The predicted molar refractivity (Wildman–Crippen MR) is 117 cm³/mol. The molecule has 0 bridgehead atoms. The fraction of sp³-hybridized carbons (Fsp3) is 0.500. The molecule has 2 heteroatoms. The molecule has 1 aromatic carbocycles. The molecule has 0 radical (unpaired) electrons. The van der Waals surface area contributed by atoms with Crippen LogP contribution in [0.4, 0.5) is 0 Å². The zero-order valence-corrected chi connectivity index (χ0v) is 17.9. The third kappa shape index (κ3) is 7.04. The van der Waals surface area contributed by atoms with Gasteiger partial charge < -0.3 is 4.74 Å². The third-order valence-corrected chi connectivity index (χ3v) is 5.45. The molecule has 1 aliphatic carbocycles. The van der Waals surface area contributed by atoms with E-state index in [0.29, 0.717) is 13.0 Å². The second-order valence-electron chi connectivity index (χ2n) is 8.24. The topological polar surface area (TPSA) is 26.3 Å². The molecule has 1 aliphatic rings. The minimum Gasteiger partial charge on any atom is -0.466 e. The lowest BCUT2D eigenvalue weighted by Gasteiger charge is -2.32. The van der Waals surface area contributed by atoms with Gasteiger partial charge in [0.05, 0.1) is 6.61 Å². The van der Waals surface area contributed by atoms with Crippen LogP contribution in [0.2, 0.25) is 0 Å². The highest BCUT2D eigenvalue weighted by Crippen LogP contribution is 2.40. The Bertz CT molecular complexity index is 767. The van der Waals surface area contributed by atoms with Crippen molar-refractivity contribution in [3.05, 3.63) is 58.7 Å². The Labute approximate surface area is 171 Å². The van der Waals surface area contributed by atoms with E-state index >= 15 is 0 Å². The van der Waals surface area contributed by atoms with Crippen LogP contribution in [0.3, 0.4) is 0 Å². The maximum Gasteiger partial charge on any atom is 0.305 e. The van der Waals surface area contributed by atoms with E-state index in [0.717, 1.165) is 24.8 Å². The van der Waals surface area contributed by atoms with Crippen LogP contribution in [0.1, 0.15) is 77.3 Å². The third-order valence-electron chi connectivity index (χ3n) is 5.45. The van der Waals surface area contributed by atoms with Crippen LogP contribution in [0.25, 0.3) is 0 Å². The monoisotopic (exact) mass is 378 g/mol. The summed E-state index contributed by atoms with van der Waals surface area (Å²) >= 11 is 0. The summed E-state index contributed by atoms with van der Waals surface area (Å²) in [5, 5.41) is 0. The molecule has 28 heavy (non-hydrogen) atoms. The number of esters is 1. The van der Waals surface area contributed by atoms with Crippen molar-refractivity contribution in [2.75, 3.05) is 6.61 Å². The molecule has 0 atom stereocenters. The number of ether oxygens (including phenoxy) is 1. The SMILES string of the molecule is CCOC(=O)CCCCc1ccc(C#CC=CC2=C(C)CCCC2(C)C)cc1. The molecule has 0 unspecified atom stereocenters. The Kier molecular flexibility index (Phi) is 8.58. The Morgan fingerprint density at radius 1 is 1.21 bits per heavy atom. The zero-order valence-electron chi connectivity index (χ0n) is 17.9. The van der Waals surface area contributed by atoms with Crippen LogP contribution in [0, 0.1) is 17.3 Å². The molecule has 150 valence electrons. The van der Waals surface area contributed by atoms with Gasteiger partial charge in [0, 0.05) is 12.0 Å². The highest BCUT2D eigenvalue weighted by molar-refractivity contribution is 5.69. The molecular weight excluding hydrogens is 344 g/mol. The van der Waals surface area contributed by atoms with E-state index in [1.807, 2.05) is 13.0 Å². The first kappa shape index (κ1) is 22.0. The van der Waals surface area contributed by atoms with E-state index in [2.05, 4.69) is 63.0 Å². The van der Waals surface area contributed by atoms with Crippen LogP contribution in [-0.4, -0.2) is 12.6 Å². The number of hydrogen-bond acceptors (Lipinski definition) is 2. The average molecular weight is 379 g/mol. The van der Waals surface area contributed by atoms with Crippen molar-refractivity contribution >= 4 is 5.97 Å². The largest absolute Gasteiger partial charge is 0.466 e. The zero-order chi connectivity index (χ0) is 20.4. The number of benzene rings is 1. The van der Waals surface area contributed by atoms with Gasteiger partial charge in [-0.25, -0.2) is 0 Å². The van der Waals surface area contributed by atoms with Crippen LogP contribution >= 0.6 is 0 Å². The maximum absolute atomic E-state index is 11.3. The van der Waals surface area contributed by atoms with E-state index in [-0.39, 0.29) is 11.4 Å². The van der Waals surface area contributed by atoms with Gasteiger partial charge in [-0.1, -0.05) is 49.5 Å². The molecule has 0 spiro atoms. The summed E-state index contributed by atoms with van der Waals surface area (Å²) in [6.07, 6.45) is 11.3. The summed E-state index contributed by atoms with van der Waals surface area (Å²) in [5.74, 6) is 6.32. The lowest BCUT2D eigenvalue weighted by atomic mass is 9.73. The van der Waals surface area contributed by atoms with Gasteiger partial charge in [-0.05, 0) is 87.1 Å². The number of unbranched alkanes of at least 4 members (excludes halogenated alkanes) is 1. The second-order valence-corrected chi connectivity index (χ2v) is 8.24. The van der Waals surface area contributed by atoms with Crippen molar-refractivity contribution in [1.82, 2.24) is 0 Å². The first-order chi connectivity index (χ1) is 13.4. The predicted octanol–water partition coefficient (Wildman–Crippen LogP) is 6.40. The summed E-state index contributed by atoms with van der Waals surface area (Å²) in [6, 6.07) is 8.43. The first-order valence-corrected chi connectivity index (χ1v) is 10.6. The Morgan fingerprint density at radius 2 is 1.96 bits per heavy atom. The van der Waals surface area contributed by atoms with Gasteiger partial charge in [0.2, 0.25) is 0 Å². The van der Waals surface area contributed by atoms with Crippen LogP contribution in [0.15, 0.2) is 47.6 Å². The van der Waals surface area contributed by atoms with Crippen LogP contribution in [0.5, 0.6) is 0 Å². The molecule has 0 aromatic heterocycles. The number of rotatable bonds is 7. The smallest absolute Gasteiger partial charge is 0.305 e. The van der Waals surface area contributed by atoms with Gasteiger partial charge in [0.25, 0.3) is 0 Å². The van der Waals surface area contributed by atoms with Gasteiger partial charge in [-0.15, -0.1) is 0 Å². The maximum atomic E-state index is 11.3. The highest BCUT2D eigenvalue weighted by atomic mass is 16.5. The lowest BCUT2D eigenvalue weighted by Crippen LogP contribution is -2.18. The first-order valence-electron chi connectivity index (χ1n) is 10.6. The van der Waals surface area contributed by atoms with Crippen LogP contribution in [-0.2, 0) is 16.0 Å². The Hall–Kier alpha value is -2.27. The van der Waals surface area contributed by atoms with E-state index in [9.17, 15) is 4.79 Å². The summed E-state index contributed by atoms with van der Waals surface area (Å²) in [5.41, 5.74) is 5.53. The fourth-order valence-electron chi connectivity index (χ4n) is 3.85. The quantitative estimate of drug-likeness (QED) is 0.312. The average Bonchev–Trinajstić information content (AvgIpc) is 2.65. The molecule has 0 fully saturated rings. The van der Waals surface area contributed by atoms with Gasteiger partial charge in [0.15, 0.2) is 0 Å². The van der Waals surface area contributed by atoms with Gasteiger partial charge in [0.1, 0.15) is 0 Å². The number of carbonyl (C=O) groups is 1. The summed E-state index contributed by atoms with van der Waals surface area (Å²) in [4.78, 5) is 11.3. The molecule has 0 saturated carbocycles. The van der Waals surface area contributed by atoms with Gasteiger partial charge >= 0.3 is 5.97 Å². The second kappa shape index (κ2) is 10.9. The molecular formula is C26H34O2. The van der Waals surface area contributed by atoms with E-state index < -0.39 is 0 Å². The molecule has 0 amide bonds. The molecule has 0 aliphatic heterocycles. The van der Waals surface area contributed by atoms with Gasteiger partial charge in [-0.2, -0.15) is 0 Å². The minimum absolute atomic E-state index is 0.0938. The Balaban J connectivity index is 1.84. The lowest BCUT2D eigenvalue weighted by molar-refractivity contribution is -0.143. The summed E-state index contributed by atoms with van der Waals surface area (Å²) < 4.78 is 4.95. The van der Waals surface area contributed by atoms with E-state index in [1.54, 1.807) is 0 Å². The molecule has 1 aromatic rings. The van der Waals surface area contributed by atoms with Crippen molar-refractivity contribution in [1.29, 1.82) is 0 Å². The number of carbonyl (C=O) groups excluding carboxylic acids is 1. The van der Waals surface area contributed by atoms with Crippen molar-refractivity contribution in [3.63, 3.8) is 0 Å². The molecule has 2 rings (SSSR count). The van der Waals surface area contributed by atoms with E-state index in [4.69, 9.17) is 4.74 Å². The number of aryl methyl sites for hydroxylation is 1. The molecule has 2 nitrogen and oxygen atoms in total. The van der Waals surface area contributed by atoms with Crippen molar-refractivity contribution in [3.8, 4) is 11.8 Å². The summed E-state index contributed by atoms with van der Waals surface area (Å²) in [6.45, 7) is 9.21. The van der Waals surface area contributed by atoms with Gasteiger partial charge in [-0.3, -0.25) is 4.79 Å². The highest BCUT2D eigenvalue weighted by Gasteiger charge is 2.26. The normalized spacial score (nSPS) is 16.0. The van der Waals surface area contributed by atoms with Crippen molar-refractivity contribution in [2.24, 2.45) is 5.41 Å². The minimum atomic E-state index is -0.0938.